The van der Waals surface area contributed by atoms with Gasteiger partial charge in [0.2, 0.25) is 0 Å². The first-order chi connectivity index (χ1) is 4.74. The van der Waals surface area contributed by atoms with Crippen LogP contribution >= 0.6 is 0 Å². The van der Waals surface area contributed by atoms with E-state index in [9.17, 15) is 0 Å². The first kappa shape index (κ1) is 6.04. The lowest BCUT2D eigenvalue weighted by Crippen LogP contribution is -2.56. The maximum absolute atomic E-state index is 5.50. The van der Waals surface area contributed by atoms with E-state index in [1.54, 1.807) is 0 Å². The van der Waals surface area contributed by atoms with Crippen molar-refractivity contribution in [2.75, 3.05) is 0 Å². The minimum atomic E-state index is -1.61. The fourth-order valence-electron chi connectivity index (χ4n) is 1.37. The number of allylic oxidation sites excluding steroid dienone is 3. The van der Waals surface area contributed by atoms with Crippen molar-refractivity contribution in [1.29, 1.82) is 0 Å². The molecule has 0 aromatic rings. The van der Waals surface area contributed by atoms with Crippen molar-refractivity contribution in [1.82, 2.24) is 0 Å². The molecule has 2 aliphatic heterocycles. The first-order valence-corrected chi connectivity index (χ1v) is 5.68. The van der Waals surface area contributed by atoms with E-state index >= 15 is 0 Å². The van der Waals surface area contributed by atoms with E-state index in [4.69, 9.17) is 8.85 Å². The zero-order valence-electron chi connectivity index (χ0n) is 6.02. The molecule has 1 unspecified atom stereocenters. The lowest BCUT2D eigenvalue weighted by Gasteiger charge is -2.47. The molecule has 0 bridgehead atoms. The van der Waals surface area contributed by atoms with Crippen LogP contribution in [-0.2, 0) is 8.85 Å². The van der Waals surface area contributed by atoms with E-state index in [-0.39, 0.29) is 0 Å². The van der Waals surface area contributed by atoms with Gasteiger partial charge in [-0.3, -0.25) is 0 Å². The molecule has 0 radical (unpaired) electrons. The van der Waals surface area contributed by atoms with Crippen LogP contribution in [0, 0.1) is 0 Å². The van der Waals surface area contributed by atoms with Crippen LogP contribution in [0.15, 0.2) is 24.2 Å². The lowest BCUT2D eigenvalue weighted by atomic mass is 10.5. The summed E-state index contributed by atoms with van der Waals surface area (Å²) in [5.41, 5.74) is 0. The Balaban J connectivity index is 1.96. The summed E-state index contributed by atoms with van der Waals surface area (Å²) in [5.74, 6) is 2.00. The van der Waals surface area contributed by atoms with Crippen molar-refractivity contribution in [2.45, 2.75) is 19.0 Å². The summed E-state index contributed by atoms with van der Waals surface area (Å²) < 4.78 is 10.9. The molecule has 0 aliphatic carbocycles. The highest BCUT2D eigenvalue weighted by molar-refractivity contribution is 6.74. The van der Waals surface area contributed by atoms with E-state index in [0.29, 0.717) is 0 Å². The molecule has 2 nitrogen and oxygen atoms in total. The van der Waals surface area contributed by atoms with Gasteiger partial charge in [-0.05, 0) is 6.92 Å². The van der Waals surface area contributed by atoms with Crippen molar-refractivity contribution in [3.05, 3.63) is 24.2 Å². The van der Waals surface area contributed by atoms with Crippen LogP contribution in [0.1, 0.15) is 6.92 Å². The van der Waals surface area contributed by atoms with E-state index in [1.807, 2.05) is 13.0 Å². The van der Waals surface area contributed by atoms with Crippen LogP contribution in [0.25, 0.3) is 0 Å². The van der Waals surface area contributed by atoms with Gasteiger partial charge in [0.25, 0.3) is 0 Å². The minimum absolute atomic E-state index is 0.904. The molecule has 2 aliphatic rings. The second-order valence-electron chi connectivity index (χ2n) is 2.76. The maximum atomic E-state index is 5.50. The predicted octanol–water partition coefficient (Wildman–Crippen LogP) is 1.91. The number of hydrogen-bond donors (Lipinski definition) is 0. The van der Waals surface area contributed by atoms with Gasteiger partial charge in [0.15, 0.2) is 0 Å². The van der Waals surface area contributed by atoms with Crippen LogP contribution in [-0.4, -0.2) is 8.56 Å². The Labute approximate surface area is 61.4 Å². The summed E-state index contributed by atoms with van der Waals surface area (Å²) in [6, 6.07) is 2.06. The summed E-state index contributed by atoms with van der Waals surface area (Å²) in [7, 11) is -1.61. The van der Waals surface area contributed by atoms with E-state index < -0.39 is 8.56 Å². The normalized spacial score (nSPS) is 40.1. The summed E-state index contributed by atoms with van der Waals surface area (Å²) in [5, 5.41) is 0. The largest absolute Gasteiger partial charge is 0.516 e. The Morgan fingerprint density at radius 2 is 2.10 bits per heavy atom. The summed E-state index contributed by atoms with van der Waals surface area (Å²) in [6.07, 6.45) is 2.00. The molecular weight excluding hydrogens is 144 g/mol. The van der Waals surface area contributed by atoms with E-state index in [0.717, 1.165) is 23.6 Å². The standard InChI is InChI=1S/C7H10O2Si/c1-3-7-5-10(9-7)4-6(2)8-10/h3H,2,4-5H2,1H3/b7-3+. The highest BCUT2D eigenvalue weighted by Gasteiger charge is 2.58. The molecule has 1 spiro atoms. The minimum Gasteiger partial charge on any atom is -0.516 e. The Kier molecular flexibility index (Phi) is 1.00. The second kappa shape index (κ2) is 1.66. The molecule has 54 valence electrons. The van der Waals surface area contributed by atoms with E-state index in [1.165, 1.54) is 0 Å². The third-order valence-electron chi connectivity index (χ3n) is 1.88. The maximum Gasteiger partial charge on any atom is 0.475 e. The van der Waals surface area contributed by atoms with Gasteiger partial charge in [0.05, 0.1) is 23.6 Å². The molecule has 0 aromatic heterocycles. The topological polar surface area (TPSA) is 18.5 Å². The predicted molar refractivity (Wildman–Crippen MR) is 40.4 cm³/mol. The van der Waals surface area contributed by atoms with Crippen LogP contribution in [0.5, 0.6) is 0 Å². The van der Waals surface area contributed by atoms with Gasteiger partial charge < -0.3 is 8.85 Å². The Hall–Kier alpha value is -0.703. The second-order valence-corrected chi connectivity index (χ2v) is 5.70. The van der Waals surface area contributed by atoms with Crippen LogP contribution in [0.2, 0.25) is 12.1 Å². The monoisotopic (exact) mass is 154 g/mol. The van der Waals surface area contributed by atoms with Crippen LogP contribution in [0.3, 0.4) is 0 Å². The van der Waals surface area contributed by atoms with Gasteiger partial charge in [0, 0.05) is 0 Å². The van der Waals surface area contributed by atoms with Gasteiger partial charge in [0.1, 0.15) is 0 Å². The molecule has 0 saturated carbocycles. The van der Waals surface area contributed by atoms with Gasteiger partial charge in [-0.1, -0.05) is 12.7 Å². The Morgan fingerprint density at radius 3 is 2.50 bits per heavy atom. The van der Waals surface area contributed by atoms with Crippen molar-refractivity contribution < 1.29 is 8.85 Å². The summed E-state index contributed by atoms with van der Waals surface area (Å²) in [6.45, 7) is 5.69. The molecule has 1 atom stereocenters. The van der Waals surface area contributed by atoms with Crippen molar-refractivity contribution in [2.24, 2.45) is 0 Å². The average Bonchev–Trinajstić information content (AvgIpc) is 1.74. The first-order valence-electron chi connectivity index (χ1n) is 3.45. The molecule has 3 heteroatoms. The quantitative estimate of drug-likeness (QED) is 0.496. The summed E-state index contributed by atoms with van der Waals surface area (Å²) >= 11 is 0. The van der Waals surface area contributed by atoms with Crippen molar-refractivity contribution >= 4 is 8.56 Å². The molecular formula is C7H10O2Si. The molecule has 0 aromatic carbocycles. The third kappa shape index (κ3) is 0.638. The lowest BCUT2D eigenvalue weighted by molar-refractivity contribution is 0.170. The van der Waals surface area contributed by atoms with Gasteiger partial charge in [-0.2, -0.15) is 0 Å². The highest BCUT2D eigenvalue weighted by atomic mass is 28.4. The van der Waals surface area contributed by atoms with Gasteiger partial charge in [-0.15, -0.1) is 0 Å². The zero-order valence-corrected chi connectivity index (χ0v) is 7.02. The molecule has 10 heavy (non-hydrogen) atoms. The van der Waals surface area contributed by atoms with Crippen LogP contribution in [0.4, 0.5) is 0 Å². The zero-order chi connectivity index (χ0) is 7.19. The summed E-state index contributed by atoms with van der Waals surface area (Å²) in [4.78, 5) is 0. The number of rotatable bonds is 0. The van der Waals surface area contributed by atoms with E-state index in [2.05, 4.69) is 6.58 Å². The molecule has 2 saturated heterocycles. The molecule has 2 heterocycles. The Bertz CT molecular complexity index is 202. The smallest absolute Gasteiger partial charge is 0.475 e. The highest BCUT2D eigenvalue weighted by Crippen LogP contribution is 2.46. The average molecular weight is 154 g/mol. The molecule has 0 amide bonds. The SMILES string of the molecule is C=C1C[Si]2(C/C(=C\C)O2)O1. The molecule has 0 N–H and O–H groups in total. The van der Waals surface area contributed by atoms with Crippen LogP contribution < -0.4 is 0 Å². The van der Waals surface area contributed by atoms with Crippen molar-refractivity contribution in [3.8, 4) is 0 Å². The fraction of sp³-hybridized carbons (Fsp3) is 0.429. The Morgan fingerprint density at radius 1 is 1.50 bits per heavy atom. The fourth-order valence-corrected chi connectivity index (χ4v) is 4.10. The van der Waals surface area contributed by atoms with Gasteiger partial charge >= 0.3 is 8.56 Å². The molecule has 2 fully saturated rings. The van der Waals surface area contributed by atoms with Gasteiger partial charge in [-0.25, -0.2) is 0 Å². The van der Waals surface area contributed by atoms with Crippen molar-refractivity contribution in [3.63, 3.8) is 0 Å². The molecule has 2 rings (SSSR count). The number of hydrogen-bond acceptors (Lipinski definition) is 2. The third-order valence-corrected chi connectivity index (χ3v) is 4.99.